The fourth-order valence-corrected chi connectivity index (χ4v) is 1.55. The Bertz CT molecular complexity index is 319. The highest BCUT2D eigenvalue weighted by Gasteiger charge is 2.22. The van der Waals surface area contributed by atoms with Crippen LogP contribution in [-0.2, 0) is 14.4 Å². The summed E-state index contributed by atoms with van der Waals surface area (Å²) >= 11 is 0. The highest BCUT2D eigenvalue weighted by atomic mass is 16.4. The van der Waals surface area contributed by atoms with Gasteiger partial charge < -0.3 is 21.3 Å². The van der Waals surface area contributed by atoms with Gasteiger partial charge in [0, 0.05) is 6.42 Å². The number of unbranched alkanes of at least 4 members (excludes halogenated alkanes) is 1. The van der Waals surface area contributed by atoms with E-state index in [2.05, 4.69) is 5.32 Å². The normalized spacial score (nSPS) is 13.6. The first-order valence-electron chi connectivity index (χ1n) is 6.39. The number of carbonyl (C=O) groups excluding carboxylic acids is 1. The quantitative estimate of drug-likeness (QED) is 0.454. The van der Waals surface area contributed by atoms with Gasteiger partial charge in [0.15, 0.2) is 0 Å². The molecular formula is C12H22N2O5. The first kappa shape index (κ1) is 17.4. The first-order valence-corrected chi connectivity index (χ1v) is 6.39. The molecule has 0 aliphatic heterocycles. The van der Waals surface area contributed by atoms with Gasteiger partial charge in [-0.1, -0.05) is 19.8 Å². The number of hydrogen-bond donors (Lipinski definition) is 4. The van der Waals surface area contributed by atoms with Gasteiger partial charge in [0.2, 0.25) is 5.91 Å². The summed E-state index contributed by atoms with van der Waals surface area (Å²) in [5, 5.41) is 19.8. The molecule has 0 spiro atoms. The van der Waals surface area contributed by atoms with Crippen LogP contribution in [0.5, 0.6) is 0 Å². The highest BCUT2D eigenvalue weighted by Crippen LogP contribution is 2.04. The van der Waals surface area contributed by atoms with Gasteiger partial charge >= 0.3 is 11.9 Å². The molecule has 0 saturated carbocycles. The fraction of sp³-hybridized carbons (Fsp3) is 0.750. The van der Waals surface area contributed by atoms with Gasteiger partial charge in [0.05, 0.1) is 6.04 Å². The lowest BCUT2D eigenvalue weighted by molar-refractivity contribution is -0.143. The smallest absolute Gasteiger partial charge is 0.326 e. The lowest BCUT2D eigenvalue weighted by Gasteiger charge is -2.17. The molecule has 0 aliphatic rings. The van der Waals surface area contributed by atoms with Gasteiger partial charge in [-0.05, 0) is 19.3 Å². The zero-order valence-electron chi connectivity index (χ0n) is 11.1. The molecule has 19 heavy (non-hydrogen) atoms. The van der Waals surface area contributed by atoms with Crippen LogP contribution < -0.4 is 11.1 Å². The van der Waals surface area contributed by atoms with E-state index in [9.17, 15) is 14.4 Å². The van der Waals surface area contributed by atoms with Gasteiger partial charge in [-0.25, -0.2) is 4.79 Å². The van der Waals surface area contributed by atoms with E-state index >= 15 is 0 Å². The first-order chi connectivity index (χ1) is 8.88. The Hall–Kier alpha value is -1.63. The zero-order valence-corrected chi connectivity index (χ0v) is 11.1. The summed E-state index contributed by atoms with van der Waals surface area (Å²) in [7, 11) is 0. The summed E-state index contributed by atoms with van der Waals surface area (Å²) < 4.78 is 0. The molecule has 0 saturated heterocycles. The SMILES string of the molecule is CCCCC(N)C(=O)N[C@H](CCCC(=O)O)C(=O)O. The summed E-state index contributed by atoms with van der Waals surface area (Å²) in [5.41, 5.74) is 5.63. The Labute approximate surface area is 112 Å². The van der Waals surface area contributed by atoms with Crippen molar-refractivity contribution in [2.24, 2.45) is 5.73 Å². The fourth-order valence-electron chi connectivity index (χ4n) is 1.55. The summed E-state index contributed by atoms with van der Waals surface area (Å²) in [4.78, 5) is 32.9. The van der Waals surface area contributed by atoms with Crippen LogP contribution in [0.25, 0.3) is 0 Å². The van der Waals surface area contributed by atoms with Crippen molar-refractivity contribution < 1.29 is 24.6 Å². The third-order valence-corrected chi connectivity index (χ3v) is 2.70. The number of carbonyl (C=O) groups is 3. The Morgan fingerprint density at radius 2 is 1.79 bits per heavy atom. The number of amides is 1. The molecule has 5 N–H and O–H groups in total. The molecule has 2 atom stereocenters. The van der Waals surface area contributed by atoms with Crippen molar-refractivity contribution in [3.8, 4) is 0 Å². The van der Waals surface area contributed by atoms with E-state index in [0.717, 1.165) is 12.8 Å². The Morgan fingerprint density at radius 3 is 2.26 bits per heavy atom. The number of hydrogen-bond acceptors (Lipinski definition) is 4. The van der Waals surface area contributed by atoms with Crippen molar-refractivity contribution in [1.29, 1.82) is 0 Å². The van der Waals surface area contributed by atoms with Crippen LogP contribution in [0.3, 0.4) is 0 Å². The molecule has 0 heterocycles. The Balaban J connectivity index is 4.21. The molecule has 0 bridgehead atoms. The number of carboxylic acid groups (broad SMARTS) is 2. The third kappa shape index (κ3) is 8.15. The molecular weight excluding hydrogens is 252 g/mol. The van der Waals surface area contributed by atoms with Crippen molar-refractivity contribution in [2.45, 2.75) is 57.5 Å². The zero-order chi connectivity index (χ0) is 14.8. The Morgan fingerprint density at radius 1 is 1.16 bits per heavy atom. The molecule has 7 nitrogen and oxygen atoms in total. The van der Waals surface area contributed by atoms with E-state index in [1.807, 2.05) is 6.92 Å². The summed E-state index contributed by atoms with van der Waals surface area (Å²) in [5.74, 6) is -2.67. The largest absolute Gasteiger partial charge is 0.481 e. The van der Waals surface area contributed by atoms with Gasteiger partial charge in [-0.15, -0.1) is 0 Å². The number of aliphatic carboxylic acids is 2. The molecule has 0 aliphatic carbocycles. The van der Waals surface area contributed by atoms with Crippen LogP contribution in [-0.4, -0.2) is 40.1 Å². The van der Waals surface area contributed by atoms with E-state index < -0.39 is 29.9 Å². The van der Waals surface area contributed by atoms with Gasteiger partial charge in [0.25, 0.3) is 0 Å². The van der Waals surface area contributed by atoms with Gasteiger partial charge in [-0.3, -0.25) is 9.59 Å². The van der Waals surface area contributed by atoms with Crippen molar-refractivity contribution in [3.63, 3.8) is 0 Å². The van der Waals surface area contributed by atoms with Crippen LogP contribution in [0.4, 0.5) is 0 Å². The number of nitrogens with two attached hydrogens (primary N) is 1. The van der Waals surface area contributed by atoms with Crippen LogP contribution >= 0.6 is 0 Å². The molecule has 110 valence electrons. The van der Waals surface area contributed by atoms with Gasteiger partial charge in [-0.2, -0.15) is 0 Å². The van der Waals surface area contributed by atoms with Crippen molar-refractivity contribution >= 4 is 17.8 Å². The maximum absolute atomic E-state index is 11.6. The minimum absolute atomic E-state index is 0.0773. The van der Waals surface area contributed by atoms with E-state index in [1.165, 1.54) is 0 Å². The highest BCUT2D eigenvalue weighted by molar-refractivity contribution is 5.86. The van der Waals surface area contributed by atoms with Gasteiger partial charge in [0.1, 0.15) is 6.04 Å². The van der Waals surface area contributed by atoms with Crippen LogP contribution in [0.15, 0.2) is 0 Å². The minimum Gasteiger partial charge on any atom is -0.481 e. The maximum Gasteiger partial charge on any atom is 0.326 e. The number of carboxylic acids is 2. The molecule has 1 amide bonds. The molecule has 0 aromatic heterocycles. The topological polar surface area (TPSA) is 130 Å². The second-order valence-electron chi connectivity index (χ2n) is 4.43. The molecule has 1 unspecified atom stereocenters. The lowest BCUT2D eigenvalue weighted by Crippen LogP contribution is -2.48. The molecule has 0 aromatic carbocycles. The molecule has 0 fully saturated rings. The second-order valence-corrected chi connectivity index (χ2v) is 4.43. The average molecular weight is 274 g/mol. The number of rotatable bonds is 10. The van der Waals surface area contributed by atoms with Crippen LogP contribution in [0.2, 0.25) is 0 Å². The second kappa shape index (κ2) is 9.32. The predicted molar refractivity (Wildman–Crippen MR) is 68.6 cm³/mol. The monoisotopic (exact) mass is 274 g/mol. The summed E-state index contributed by atoms with van der Waals surface area (Å²) in [6.07, 6.45) is 2.35. The summed E-state index contributed by atoms with van der Waals surface area (Å²) in [6, 6.07) is -1.80. The molecule has 0 radical (unpaired) electrons. The third-order valence-electron chi connectivity index (χ3n) is 2.70. The average Bonchev–Trinajstić information content (AvgIpc) is 2.33. The van der Waals surface area contributed by atoms with Crippen molar-refractivity contribution in [1.82, 2.24) is 5.32 Å². The van der Waals surface area contributed by atoms with E-state index in [0.29, 0.717) is 6.42 Å². The molecule has 7 heteroatoms. The van der Waals surface area contributed by atoms with E-state index in [-0.39, 0.29) is 19.3 Å². The lowest BCUT2D eigenvalue weighted by atomic mass is 10.1. The molecule has 0 rings (SSSR count). The predicted octanol–water partition coefficient (Wildman–Crippen LogP) is 0.328. The van der Waals surface area contributed by atoms with E-state index in [4.69, 9.17) is 15.9 Å². The standard InChI is InChI=1S/C12H22N2O5/c1-2-3-5-8(13)11(17)14-9(12(18)19)6-4-7-10(15)16/h8-9H,2-7,13H2,1H3,(H,14,17)(H,15,16)(H,18,19)/t8?,9-/m1/s1. The maximum atomic E-state index is 11.6. The van der Waals surface area contributed by atoms with Crippen LogP contribution in [0, 0.1) is 0 Å². The minimum atomic E-state index is -1.18. The van der Waals surface area contributed by atoms with Crippen molar-refractivity contribution in [2.75, 3.05) is 0 Å². The summed E-state index contributed by atoms with van der Waals surface area (Å²) in [6.45, 7) is 1.97. The van der Waals surface area contributed by atoms with Crippen LogP contribution in [0.1, 0.15) is 45.4 Å². The van der Waals surface area contributed by atoms with Crippen molar-refractivity contribution in [3.05, 3.63) is 0 Å². The number of nitrogens with one attached hydrogen (secondary N) is 1. The van der Waals surface area contributed by atoms with E-state index in [1.54, 1.807) is 0 Å². The Kier molecular flexibility index (Phi) is 8.52. The molecule has 0 aromatic rings.